The number of amides is 2. The molecule has 1 aromatic carbocycles. The molecule has 2 aliphatic heterocycles. The Hall–Kier alpha value is -2.28. The molecule has 2 amide bonds. The molecule has 1 N–H and O–H groups in total. The van der Waals surface area contributed by atoms with Gasteiger partial charge in [0.2, 0.25) is 11.8 Å². The van der Waals surface area contributed by atoms with Crippen LogP contribution in [0.15, 0.2) is 18.2 Å². The lowest BCUT2D eigenvalue weighted by atomic mass is 9.95. The standard InChI is InChI=1S/C20H29N3O4/c1-26-17-11-16(12-18(13-17)27-2)21-19(24)14-22-9-5-15(6-10-22)20(25)23-7-3-4-8-23/h11-13,15H,3-10,14H2,1-2H3,(H,21,24). The van der Waals surface area contributed by atoms with Gasteiger partial charge in [0.25, 0.3) is 0 Å². The fraction of sp³-hybridized carbons (Fsp3) is 0.600. The Balaban J connectivity index is 1.47. The minimum absolute atomic E-state index is 0.0744. The SMILES string of the molecule is COc1cc(NC(=O)CN2CCC(C(=O)N3CCCC3)CC2)cc(OC)c1. The van der Waals surface area contributed by atoms with Gasteiger partial charge in [0.15, 0.2) is 0 Å². The zero-order valence-electron chi connectivity index (χ0n) is 16.2. The predicted octanol–water partition coefficient (Wildman–Crippen LogP) is 1.98. The molecule has 2 heterocycles. The number of anilines is 1. The van der Waals surface area contributed by atoms with Gasteiger partial charge in [-0.15, -0.1) is 0 Å². The van der Waals surface area contributed by atoms with Crippen molar-refractivity contribution in [3.63, 3.8) is 0 Å². The number of carbonyl (C=O) groups is 2. The number of methoxy groups -OCH3 is 2. The Morgan fingerprint density at radius 2 is 1.59 bits per heavy atom. The summed E-state index contributed by atoms with van der Waals surface area (Å²) >= 11 is 0. The average molecular weight is 375 g/mol. The van der Waals surface area contributed by atoms with Crippen LogP contribution in [0.4, 0.5) is 5.69 Å². The van der Waals surface area contributed by atoms with Crippen LogP contribution in [0, 0.1) is 5.92 Å². The Bertz CT molecular complexity index is 643. The minimum Gasteiger partial charge on any atom is -0.497 e. The van der Waals surface area contributed by atoms with Crippen molar-refractivity contribution in [2.45, 2.75) is 25.7 Å². The number of ether oxygens (including phenoxy) is 2. The summed E-state index contributed by atoms with van der Waals surface area (Å²) in [4.78, 5) is 29.0. The normalized spacial score (nSPS) is 18.4. The van der Waals surface area contributed by atoms with Crippen LogP contribution < -0.4 is 14.8 Å². The van der Waals surface area contributed by atoms with Crippen LogP contribution in [0.25, 0.3) is 0 Å². The number of hydrogen-bond acceptors (Lipinski definition) is 5. The molecular formula is C20H29N3O4. The van der Waals surface area contributed by atoms with Crippen molar-refractivity contribution in [2.24, 2.45) is 5.92 Å². The lowest BCUT2D eigenvalue weighted by Crippen LogP contribution is -2.43. The fourth-order valence-corrected chi connectivity index (χ4v) is 3.82. The highest BCUT2D eigenvalue weighted by Gasteiger charge is 2.30. The maximum Gasteiger partial charge on any atom is 0.238 e. The first-order valence-electron chi connectivity index (χ1n) is 9.63. The number of rotatable bonds is 6. The lowest BCUT2D eigenvalue weighted by molar-refractivity contribution is -0.136. The van der Waals surface area contributed by atoms with Gasteiger partial charge in [-0.25, -0.2) is 0 Å². The van der Waals surface area contributed by atoms with Gasteiger partial charge in [-0.2, -0.15) is 0 Å². The monoisotopic (exact) mass is 375 g/mol. The van der Waals surface area contributed by atoms with Gasteiger partial charge in [0.05, 0.1) is 20.8 Å². The first kappa shape index (κ1) is 19.5. The van der Waals surface area contributed by atoms with Crippen molar-refractivity contribution in [1.29, 1.82) is 0 Å². The van der Waals surface area contributed by atoms with E-state index in [4.69, 9.17) is 9.47 Å². The third kappa shape index (κ3) is 5.13. The van der Waals surface area contributed by atoms with E-state index in [0.717, 1.165) is 51.9 Å². The highest BCUT2D eigenvalue weighted by molar-refractivity contribution is 5.92. The van der Waals surface area contributed by atoms with E-state index in [9.17, 15) is 9.59 Å². The molecule has 3 rings (SSSR count). The van der Waals surface area contributed by atoms with E-state index < -0.39 is 0 Å². The van der Waals surface area contributed by atoms with E-state index in [2.05, 4.69) is 10.2 Å². The molecule has 27 heavy (non-hydrogen) atoms. The number of benzene rings is 1. The summed E-state index contributed by atoms with van der Waals surface area (Å²) in [5.74, 6) is 1.61. The maximum atomic E-state index is 12.5. The average Bonchev–Trinajstić information content (AvgIpc) is 3.22. The van der Waals surface area contributed by atoms with E-state index in [1.54, 1.807) is 32.4 Å². The molecule has 2 saturated heterocycles. The van der Waals surface area contributed by atoms with Crippen LogP contribution in [0.2, 0.25) is 0 Å². The second kappa shape index (κ2) is 9.08. The predicted molar refractivity (Wildman–Crippen MR) is 103 cm³/mol. The molecule has 0 atom stereocenters. The molecule has 0 aromatic heterocycles. The maximum absolute atomic E-state index is 12.5. The lowest BCUT2D eigenvalue weighted by Gasteiger charge is -2.32. The number of likely N-dealkylation sites (tertiary alicyclic amines) is 2. The molecule has 0 spiro atoms. The Labute approximate surface area is 160 Å². The molecule has 7 nitrogen and oxygen atoms in total. The topological polar surface area (TPSA) is 71.1 Å². The van der Waals surface area contributed by atoms with Gasteiger partial charge in [0.1, 0.15) is 11.5 Å². The summed E-state index contributed by atoms with van der Waals surface area (Å²) in [5.41, 5.74) is 0.648. The van der Waals surface area contributed by atoms with Gasteiger partial charge in [0, 0.05) is 42.9 Å². The molecule has 7 heteroatoms. The number of nitrogens with one attached hydrogen (secondary N) is 1. The zero-order valence-corrected chi connectivity index (χ0v) is 16.2. The van der Waals surface area contributed by atoms with Gasteiger partial charge < -0.3 is 19.7 Å². The minimum atomic E-state index is -0.0744. The fourth-order valence-electron chi connectivity index (χ4n) is 3.82. The molecular weight excluding hydrogens is 346 g/mol. The summed E-state index contributed by atoms with van der Waals surface area (Å²) in [6.07, 6.45) is 3.91. The zero-order chi connectivity index (χ0) is 19.2. The van der Waals surface area contributed by atoms with Crippen molar-refractivity contribution in [3.05, 3.63) is 18.2 Å². The van der Waals surface area contributed by atoms with Crippen LogP contribution in [0.1, 0.15) is 25.7 Å². The Morgan fingerprint density at radius 1 is 1.00 bits per heavy atom. The highest BCUT2D eigenvalue weighted by atomic mass is 16.5. The molecule has 1 aromatic rings. The number of carbonyl (C=O) groups excluding carboxylic acids is 2. The first-order chi connectivity index (χ1) is 13.1. The van der Waals surface area contributed by atoms with Gasteiger partial charge in [-0.1, -0.05) is 0 Å². The number of piperidine rings is 1. The molecule has 2 aliphatic rings. The summed E-state index contributed by atoms with van der Waals surface area (Å²) in [5, 5.41) is 2.90. The number of nitrogens with zero attached hydrogens (tertiary/aromatic N) is 2. The first-order valence-corrected chi connectivity index (χ1v) is 9.63. The Kier molecular flexibility index (Phi) is 6.55. The summed E-state index contributed by atoms with van der Waals surface area (Å²) in [6, 6.07) is 5.29. The van der Waals surface area contributed by atoms with Crippen LogP contribution in [-0.4, -0.2) is 68.6 Å². The molecule has 148 valence electrons. The summed E-state index contributed by atoms with van der Waals surface area (Å²) < 4.78 is 10.5. The molecule has 0 unspecified atom stereocenters. The molecule has 0 radical (unpaired) electrons. The van der Waals surface area contributed by atoms with E-state index in [1.165, 1.54) is 0 Å². The van der Waals surface area contributed by atoms with E-state index in [0.29, 0.717) is 29.6 Å². The van der Waals surface area contributed by atoms with Gasteiger partial charge in [-0.3, -0.25) is 14.5 Å². The molecule has 0 aliphatic carbocycles. The van der Waals surface area contributed by atoms with Crippen LogP contribution in [0.3, 0.4) is 0 Å². The van der Waals surface area contributed by atoms with Gasteiger partial charge in [-0.05, 0) is 38.8 Å². The third-order valence-electron chi connectivity index (χ3n) is 5.36. The smallest absolute Gasteiger partial charge is 0.238 e. The van der Waals surface area contributed by atoms with Crippen molar-refractivity contribution < 1.29 is 19.1 Å². The molecule has 0 bridgehead atoms. The van der Waals surface area contributed by atoms with Gasteiger partial charge >= 0.3 is 0 Å². The van der Waals surface area contributed by atoms with Crippen molar-refractivity contribution in [1.82, 2.24) is 9.80 Å². The second-order valence-electron chi connectivity index (χ2n) is 7.23. The second-order valence-corrected chi connectivity index (χ2v) is 7.23. The van der Waals surface area contributed by atoms with Crippen molar-refractivity contribution >= 4 is 17.5 Å². The van der Waals surface area contributed by atoms with E-state index >= 15 is 0 Å². The van der Waals surface area contributed by atoms with Crippen LogP contribution in [-0.2, 0) is 9.59 Å². The molecule has 2 fully saturated rings. The van der Waals surface area contributed by atoms with E-state index in [-0.39, 0.29) is 11.8 Å². The van der Waals surface area contributed by atoms with Crippen LogP contribution >= 0.6 is 0 Å². The highest BCUT2D eigenvalue weighted by Crippen LogP contribution is 2.26. The largest absolute Gasteiger partial charge is 0.497 e. The van der Waals surface area contributed by atoms with Crippen molar-refractivity contribution in [3.8, 4) is 11.5 Å². The quantitative estimate of drug-likeness (QED) is 0.823. The number of hydrogen-bond donors (Lipinski definition) is 1. The van der Waals surface area contributed by atoms with Crippen molar-refractivity contribution in [2.75, 3.05) is 52.3 Å². The Morgan fingerprint density at radius 3 is 2.15 bits per heavy atom. The van der Waals surface area contributed by atoms with Crippen LogP contribution in [0.5, 0.6) is 11.5 Å². The third-order valence-corrected chi connectivity index (χ3v) is 5.36. The van der Waals surface area contributed by atoms with E-state index in [1.807, 2.05) is 4.90 Å². The molecule has 0 saturated carbocycles. The summed E-state index contributed by atoms with van der Waals surface area (Å²) in [6.45, 7) is 3.69. The summed E-state index contributed by atoms with van der Waals surface area (Å²) in [7, 11) is 3.15.